The summed E-state index contributed by atoms with van der Waals surface area (Å²) in [6, 6.07) is 9.00. The average molecular weight is 470 g/mol. The Balaban J connectivity index is 1.31. The zero-order chi connectivity index (χ0) is 22.8. The van der Waals surface area contributed by atoms with Crippen molar-refractivity contribution in [2.24, 2.45) is 0 Å². The fourth-order valence-electron chi connectivity index (χ4n) is 4.75. The Morgan fingerprint density at radius 1 is 1.15 bits per heavy atom. The number of anilines is 2. The molecule has 1 atom stereocenters. The van der Waals surface area contributed by atoms with Gasteiger partial charge in [0.15, 0.2) is 5.65 Å². The number of H-pyrrole nitrogens is 1. The lowest BCUT2D eigenvalue weighted by Gasteiger charge is -2.36. The molecule has 2 aliphatic rings. The highest BCUT2D eigenvalue weighted by atomic mass is 35.5. The Labute approximate surface area is 199 Å². The minimum atomic E-state index is 0.374. The van der Waals surface area contributed by atoms with Crippen molar-refractivity contribution in [3.05, 3.63) is 35.5 Å². The van der Waals surface area contributed by atoms with Crippen molar-refractivity contribution in [2.75, 3.05) is 76.8 Å². The molecule has 9 heteroatoms. The summed E-state index contributed by atoms with van der Waals surface area (Å²) in [6.45, 7) is 8.07. The van der Waals surface area contributed by atoms with Crippen LogP contribution in [0, 0.1) is 0 Å². The van der Waals surface area contributed by atoms with Crippen molar-refractivity contribution < 1.29 is 4.74 Å². The van der Waals surface area contributed by atoms with Crippen LogP contribution in [0.15, 0.2) is 30.5 Å². The number of imidazole rings is 1. The third-order valence-electron chi connectivity index (χ3n) is 6.70. The van der Waals surface area contributed by atoms with Gasteiger partial charge in [0.05, 0.1) is 23.5 Å². The highest BCUT2D eigenvalue weighted by Gasteiger charge is 2.22. The van der Waals surface area contributed by atoms with E-state index in [0.29, 0.717) is 16.7 Å². The van der Waals surface area contributed by atoms with Gasteiger partial charge in [-0.2, -0.15) is 0 Å². The van der Waals surface area contributed by atoms with Gasteiger partial charge in [-0.3, -0.25) is 4.90 Å². The van der Waals surface area contributed by atoms with Crippen LogP contribution in [0.25, 0.3) is 22.6 Å². The first-order valence-corrected chi connectivity index (χ1v) is 12.0. The van der Waals surface area contributed by atoms with Crippen LogP contribution < -0.4 is 10.2 Å². The molecule has 2 aromatic heterocycles. The molecule has 8 nitrogen and oxygen atoms in total. The number of rotatable bonds is 7. The van der Waals surface area contributed by atoms with Gasteiger partial charge in [0.25, 0.3) is 0 Å². The van der Waals surface area contributed by atoms with Crippen molar-refractivity contribution in [3.8, 4) is 11.4 Å². The number of hydrogen-bond acceptors (Lipinski definition) is 7. The second-order valence-corrected chi connectivity index (χ2v) is 9.43. The van der Waals surface area contributed by atoms with Gasteiger partial charge in [0.1, 0.15) is 11.3 Å². The number of hydrogen-bond donors (Lipinski definition) is 2. The molecule has 4 heterocycles. The van der Waals surface area contributed by atoms with E-state index in [0.717, 1.165) is 81.4 Å². The van der Waals surface area contributed by atoms with Crippen molar-refractivity contribution in [2.45, 2.75) is 12.5 Å². The summed E-state index contributed by atoms with van der Waals surface area (Å²) in [4.78, 5) is 19.9. The molecular formula is C24H32ClN7O. The van der Waals surface area contributed by atoms with Crippen molar-refractivity contribution in [1.29, 1.82) is 0 Å². The number of nitrogens with one attached hydrogen (secondary N) is 2. The summed E-state index contributed by atoms with van der Waals surface area (Å²) >= 11 is 6.52. The van der Waals surface area contributed by atoms with Gasteiger partial charge in [-0.25, -0.2) is 9.97 Å². The number of ether oxygens (including phenoxy) is 1. The summed E-state index contributed by atoms with van der Waals surface area (Å²) in [5.41, 5.74) is 4.72. The van der Waals surface area contributed by atoms with Crippen molar-refractivity contribution in [1.82, 2.24) is 24.8 Å². The van der Waals surface area contributed by atoms with E-state index in [1.54, 1.807) is 13.3 Å². The van der Waals surface area contributed by atoms with E-state index in [1.165, 1.54) is 5.69 Å². The molecule has 33 heavy (non-hydrogen) atoms. The third kappa shape index (κ3) is 4.94. The first-order valence-electron chi connectivity index (χ1n) is 11.7. The first-order chi connectivity index (χ1) is 16.1. The number of benzene rings is 1. The standard InChI is InChI=1S/C24H32ClN7O/c1-30-8-7-18(16-30)27-21-20(25)15-26-24-22(21)28-23(29-24)17-3-5-19(6-4-17)32-11-9-31(10-12-32)13-14-33-2/h3-6,15,18H,7-14,16H2,1-2H3,(H2,26,27,28,29)/t18-/m0/s1. The lowest BCUT2D eigenvalue weighted by molar-refractivity contribution is 0.144. The van der Waals surface area contributed by atoms with Crippen LogP contribution in [-0.4, -0.2) is 97.4 Å². The van der Waals surface area contributed by atoms with Crippen LogP contribution in [0.2, 0.25) is 5.02 Å². The first kappa shape index (κ1) is 22.4. The molecule has 2 aliphatic heterocycles. The van der Waals surface area contributed by atoms with Gasteiger partial charge in [-0.05, 0) is 44.3 Å². The molecule has 2 saturated heterocycles. The molecule has 0 radical (unpaired) electrons. The lowest BCUT2D eigenvalue weighted by Crippen LogP contribution is -2.47. The maximum Gasteiger partial charge on any atom is 0.180 e. The van der Waals surface area contributed by atoms with Crippen LogP contribution in [-0.2, 0) is 4.74 Å². The number of methoxy groups -OCH3 is 1. The zero-order valence-corrected chi connectivity index (χ0v) is 20.1. The number of likely N-dealkylation sites (tertiary alicyclic amines) is 1. The van der Waals surface area contributed by atoms with Crippen LogP contribution in [0.1, 0.15) is 6.42 Å². The lowest BCUT2D eigenvalue weighted by atomic mass is 10.1. The topological polar surface area (TPSA) is 72.6 Å². The normalized spacial score (nSPS) is 20.1. The number of nitrogens with zero attached hydrogens (tertiary/aromatic N) is 5. The molecule has 2 N–H and O–H groups in total. The molecule has 0 saturated carbocycles. The Morgan fingerprint density at radius 2 is 1.94 bits per heavy atom. The quantitative estimate of drug-likeness (QED) is 0.550. The van der Waals surface area contributed by atoms with E-state index in [-0.39, 0.29) is 0 Å². The highest BCUT2D eigenvalue weighted by Crippen LogP contribution is 2.32. The predicted molar refractivity (Wildman–Crippen MR) is 134 cm³/mol. The molecular weight excluding hydrogens is 438 g/mol. The van der Waals surface area contributed by atoms with Gasteiger partial charge < -0.3 is 24.8 Å². The highest BCUT2D eigenvalue weighted by molar-refractivity contribution is 6.34. The molecule has 5 rings (SSSR count). The zero-order valence-electron chi connectivity index (χ0n) is 19.4. The molecule has 2 fully saturated rings. The Kier molecular flexibility index (Phi) is 6.69. The number of likely N-dealkylation sites (N-methyl/N-ethyl adjacent to an activating group) is 1. The average Bonchev–Trinajstić information content (AvgIpc) is 3.46. The molecule has 176 valence electrons. The number of fused-ring (bicyclic) bond motifs is 1. The molecule has 0 spiro atoms. The van der Waals surface area contributed by atoms with Gasteiger partial charge in [0, 0.05) is 63.7 Å². The van der Waals surface area contributed by atoms with E-state index in [2.05, 4.69) is 61.3 Å². The number of halogens is 1. The summed E-state index contributed by atoms with van der Waals surface area (Å²) in [5, 5.41) is 4.23. The van der Waals surface area contributed by atoms with E-state index in [9.17, 15) is 0 Å². The SMILES string of the molecule is COCCN1CCN(c2ccc(-c3nc4ncc(Cl)c(N[C@H]5CCN(C)C5)c4[nH]3)cc2)CC1. The molecule has 0 amide bonds. The number of aromatic amines is 1. The smallest absolute Gasteiger partial charge is 0.180 e. The van der Waals surface area contributed by atoms with Gasteiger partial charge >= 0.3 is 0 Å². The second kappa shape index (κ2) is 9.85. The van der Waals surface area contributed by atoms with Gasteiger partial charge in [-0.1, -0.05) is 11.6 Å². The minimum Gasteiger partial charge on any atom is -0.383 e. The Morgan fingerprint density at radius 3 is 2.64 bits per heavy atom. The largest absolute Gasteiger partial charge is 0.383 e. The molecule has 3 aromatic rings. The summed E-state index contributed by atoms with van der Waals surface area (Å²) in [7, 11) is 3.90. The Hall–Kier alpha value is -2.39. The van der Waals surface area contributed by atoms with E-state index in [4.69, 9.17) is 21.3 Å². The molecule has 1 aromatic carbocycles. The molecule has 0 unspecified atom stereocenters. The molecule has 0 aliphatic carbocycles. The summed E-state index contributed by atoms with van der Waals surface area (Å²) < 4.78 is 5.20. The monoisotopic (exact) mass is 469 g/mol. The fraction of sp³-hybridized carbons (Fsp3) is 0.500. The van der Waals surface area contributed by atoms with E-state index in [1.807, 2.05) is 0 Å². The third-order valence-corrected chi connectivity index (χ3v) is 6.99. The van der Waals surface area contributed by atoms with Gasteiger partial charge in [-0.15, -0.1) is 0 Å². The minimum absolute atomic E-state index is 0.374. The van der Waals surface area contributed by atoms with Crippen LogP contribution in [0.4, 0.5) is 11.4 Å². The van der Waals surface area contributed by atoms with Crippen LogP contribution in [0.3, 0.4) is 0 Å². The van der Waals surface area contributed by atoms with Gasteiger partial charge in [0.2, 0.25) is 0 Å². The Bertz CT molecular complexity index is 1080. The maximum absolute atomic E-state index is 6.52. The van der Waals surface area contributed by atoms with Crippen LogP contribution >= 0.6 is 11.6 Å². The fourth-order valence-corrected chi connectivity index (χ4v) is 4.95. The predicted octanol–water partition coefficient (Wildman–Crippen LogP) is 3.16. The van der Waals surface area contributed by atoms with Crippen molar-refractivity contribution >= 4 is 34.1 Å². The summed E-state index contributed by atoms with van der Waals surface area (Å²) in [6.07, 6.45) is 2.78. The van der Waals surface area contributed by atoms with E-state index < -0.39 is 0 Å². The maximum atomic E-state index is 6.52. The van der Waals surface area contributed by atoms with Crippen molar-refractivity contribution in [3.63, 3.8) is 0 Å². The summed E-state index contributed by atoms with van der Waals surface area (Å²) in [5.74, 6) is 0.808. The van der Waals surface area contributed by atoms with Crippen LogP contribution in [0.5, 0.6) is 0 Å². The number of piperazine rings is 1. The second-order valence-electron chi connectivity index (χ2n) is 9.03. The van der Waals surface area contributed by atoms with E-state index >= 15 is 0 Å². The molecule has 0 bridgehead atoms. The number of pyridine rings is 1. The number of aromatic nitrogens is 3.